The maximum atomic E-state index is 14.2. The van der Waals surface area contributed by atoms with Gasteiger partial charge in [0.1, 0.15) is 11.6 Å². The van der Waals surface area contributed by atoms with Crippen molar-refractivity contribution in [2.24, 2.45) is 0 Å². The Bertz CT molecular complexity index is 1200. The van der Waals surface area contributed by atoms with Gasteiger partial charge in [0.25, 0.3) is 11.8 Å². The van der Waals surface area contributed by atoms with E-state index in [0.717, 1.165) is 22.4 Å². The monoisotopic (exact) mass is 455 g/mol. The number of carbonyl (C=O) groups is 2. The predicted octanol–water partition coefficient (Wildman–Crippen LogP) is 4.45. The molecule has 1 N–H and O–H groups in total. The number of carbonyl (C=O) groups excluding carboxylic acids is 2. The van der Waals surface area contributed by atoms with Crippen LogP contribution in [0.1, 0.15) is 43.1 Å². The topological polar surface area (TPSA) is 62.3 Å². The minimum absolute atomic E-state index is 0.0264. The van der Waals surface area contributed by atoms with Crippen LogP contribution in [0.4, 0.5) is 8.78 Å². The normalized spacial score (nSPS) is 12.9. The van der Waals surface area contributed by atoms with E-state index in [4.69, 9.17) is 11.6 Å². The van der Waals surface area contributed by atoms with E-state index >= 15 is 0 Å². The van der Waals surface area contributed by atoms with E-state index in [0.29, 0.717) is 13.0 Å². The highest BCUT2D eigenvalue weighted by atomic mass is 35.5. The number of aromatic nitrogens is 1. The molecule has 0 atom stereocenters. The van der Waals surface area contributed by atoms with Crippen LogP contribution in [0.2, 0.25) is 5.02 Å². The van der Waals surface area contributed by atoms with Crippen molar-refractivity contribution >= 4 is 23.4 Å². The molecule has 4 rings (SSSR count). The molecule has 2 aromatic carbocycles. The first kappa shape index (κ1) is 21.9. The van der Waals surface area contributed by atoms with Crippen molar-refractivity contribution in [2.75, 3.05) is 6.54 Å². The van der Waals surface area contributed by atoms with Gasteiger partial charge in [0.05, 0.1) is 16.1 Å². The smallest absolute Gasteiger partial charge is 0.258 e. The molecule has 32 heavy (non-hydrogen) atoms. The second-order valence-corrected chi connectivity index (χ2v) is 7.97. The number of aryl methyl sites for hydroxylation is 1. The maximum absolute atomic E-state index is 14.2. The number of fused-ring (bicyclic) bond motifs is 1. The molecule has 1 aliphatic heterocycles. The summed E-state index contributed by atoms with van der Waals surface area (Å²) < 4.78 is 28.1. The van der Waals surface area contributed by atoms with E-state index in [1.165, 1.54) is 41.3 Å². The molecule has 0 saturated carbocycles. The average Bonchev–Trinajstić information content (AvgIpc) is 2.78. The van der Waals surface area contributed by atoms with Gasteiger partial charge in [-0.1, -0.05) is 29.8 Å². The van der Waals surface area contributed by atoms with Crippen molar-refractivity contribution in [3.8, 4) is 0 Å². The molecule has 0 radical (unpaired) electrons. The minimum Gasteiger partial charge on any atom is -0.348 e. The van der Waals surface area contributed by atoms with Gasteiger partial charge in [-0.3, -0.25) is 14.6 Å². The lowest BCUT2D eigenvalue weighted by atomic mass is 9.94. The Morgan fingerprint density at radius 3 is 2.62 bits per heavy atom. The summed E-state index contributed by atoms with van der Waals surface area (Å²) in [7, 11) is 0. The zero-order valence-corrected chi connectivity index (χ0v) is 18.0. The zero-order chi connectivity index (χ0) is 22.8. The summed E-state index contributed by atoms with van der Waals surface area (Å²) in [5.41, 5.74) is 3.21. The van der Waals surface area contributed by atoms with Crippen LogP contribution >= 0.6 is 11.6 Å². The van der Waals surface area contributed by atoms with Gasteiger partial charge in [-0.2, -0.15) is 0 Å². The second kappa shape index (κ2) is 9.04. The lowest BCUT2D eigenvalue weighted by Gasteiger charge is -2.31. The first-order valence-corrected chi connectivity index (χ1v) is 10.5. The van der Waals surface area contributed by atoms with Crippen molar-refractivity contribution in [3.05, 3.63) is 98.8 Å². The lowest BCUT2D eigenvalue weighted by molar-refractivity contribution is 0.0729. The Kier molecular flexibility index (Phi) is 6.19. The minimum atomic E-state index is -0.660. The van der Waals surface area contributed by atoms with Gasteiger partial charge < -0.3 is 10.2 Å². The zero-order valence-electron chi connectivity index (χ0n) is 17.3. The lowest BCUT2D eigenvalue weighted by Crippen LogP contribution is -2.37. The molecular weight excluding hydrogens is 436 g/mol. The first-order valence-electron chi connectivity index (χ1n) is 10.1. The van der Waals surface area contributed by atoms with Crippen molar-refractivity contribution in [1.29, 1.82) is 0 Å². The van der Waals surface area contributed by atoms with E-state index in [9.17, 15) is 18.4 Å². The van der Waals surface area contributed by atoms with E-state index in [2.05, 4.69) is 10.3 Å². The first-order chi connectivity index (χ1) is 15.4. The molecule has 5 nitrogen and oxygen atoms in total. The molecule has 0 bridgehead atoms. The number of pyridine rings is 1. The van der Waals surface area contributed by atoms with E-state index in [1.807, 2.05) is 6.92 Å². The third-order valence-corrected chi connectivity index (χ3v) is 5.92. The van der Waals surface area contributed by atoms with E-state index in [1.54, 1.807) is 12.3 Å². The van der Waals surface area contributed by atoms with Crippen LogP contribution in [0.15, 0.2) is 48.7 Å². The summed E-state index contributed by atoms with van der Waals surface area (Å²) in [6, 6.07) is 9.93. The third-order valence-electron chi connectivity index (χ3n) is 5.60. The maximum Gasteiger partial charge on any atom is 0.258 e. The second-order valence-electron chi connectivity index (χ2n) is 7.56. The quantitative estimate of drug-likeness (QED) is 0.632. The van der Waals surface area contributed by atoms with Crippen LogP contribution in [-0.4, -0.2) is 28.2 Å². The molecule has 1 aliphatic rings. The Morgan fingerprint density at radius 2 is 1.88 bits per heavy atom. The highest BCUT2D eigenvalue weighted by Gasteiger charge is 2.27. The standard InChI is InChI=1S/C24H20ClF2N3O2/c1-14-18(12-29-23(31)17-5-2-3-7-20(17)26)16-9-10-30(13-15(16)11-28-14)24(32)22-19(25)6-4-8-21(22)27/h2-8,11H,9-10,12-13H2,1H3,(H,29,31). The van der Waals surface area contributed by atoms with Gasteiger partial charge in [0.15, 0.2) is 0 Å². The molecule has 0 spiro atoms. The summed E-state index contributed by atoms with van der Waals surface area (Å²) in [4.78, 5) is 31.2. The molecule has 2 heterocycles. The predicted molar refractivity (Wildman–Crippen MR) is 116 cm³/mol. The Balaban J connectivity index is 1.54. The SMILES string of the molecule is Cc1ncc2c(c1CNC(=O)c1ccccc1F)CCN(C(=O)c1c(F)cccc1Cl)C2. The third kappa shape index (κ3) is 4.21. The molecule has 0 aliphatic carbocycles. The largest absolute Gasteiger partial charge is 0.348 e. The summed E-state index contributed by atoms with van der Waals surface area (Å²) in [6.07, 6.45) is 2.21. The van der Waals surface area contributed by atoms with Crippen LogP contribution < -0.4 is 5.32 Å². The van der Waals surface area contributed by atoms with Gasteiger partial charge >= 0.3 is 0 Å². The Labute approximate surface area is 189 Å². The molecule has 8 heteroatoms. The molecule has 3 aromatic rings. The number of rotatable bonds is 4. The fourth-order valence-electron chi connectivity index (χ4n) is 3.90. The summed E-state index contributed by atoms with van der Waals surface area (Å²) in [5, 5.41) is 2.82. The highest BCUT2D eigenvalue weighted by molar-refractivity contribution is 6.33. The number of benzene rings is 2. The fraction of sp³-hybridized carbons (Fsp3) is 0.208. The number of hydrogen-bond acceptors (Lipinski definition) is 3. The van der Waals surface area contributed by atoms with Crippen molar-refractivity contribution in [3.63, 3.8) is 0 Å². The highest BCUT2D eigenvalue weighted by Crippen LogP contribution is 2.27. The summed E-state index contributed by atoms with van der Waals surface area (Å²) >= 11 is 6.06. The molecular formula is C24H20ClF2N3O2. The Morgan fingerprint density at radius 1 is 1.12 bits per heavy atom. The van der Waals surface area contributed by atoms with Gasteiger partial charge in [-0.15, -0.1) is 0 Å². The van der Waals surface area contributed by atoms with Crippen molar-refractivity contribution in [2.45, 2.75) is 26.4 Å². The van der Waals surface area contributed by atoms with Crippen molar-refractivity contribution < 1.29 is 18.4 Å². The van der Waals surface area contributed by atoms with Gasteiger partial charge in [-0.25, -0.2) is 8.78 Å². The molecule has 1 aromatic heterocycles. The number of nitrogens with one attached hydrogen (secondary N) is 1. The van der Waals surface area contributed by atoms with Crippen molar-refractivity contribution in [1.82, 2.24) is 15.2 Å². The van der Waals surface area contributed by atoms with Crippen LogP contribution in [0.25, 0.3) is 0 Å². The summed E-state index contributed by atoms with van der Waals surface area (Å²) in [6.45, 7) is 2.64. The fourth-order valence-corrected chi connectivity index (χ4v) is 4.14. The van der Waals surface area contributed by atoms with Crippen LogP contribution in [0.5, 0.6) is 0 Å². The van der Waals surface area contributed by atoms with Gasteiger partial charge in [-0.05, 0) is 54.3 Å². The number of hydrogen-bond donors (Lipinski definition) is 1. The molecule has 0 saturated heterocycles. The van der Waals surface area contributed by atoms with E-state index in [-0.39, 0.29) is 29.2 Å². The van der Waals surface area contributed by atoms with Crippen LogP contribution in [-0.2, 0) is 19.5 Å². The molecule has 0 fully saturated rings. The van der Waals surface area contributed by atoms with Crippen LogP contribution in [0, 0.1) is 18.6 Å². The van der Waals surface area contributed by atoms with Gasteiger partial charge in [0, 0.05) is 31.5 Å². The molecule has 0 unspecified atom stereocenters. The summed E-state index contributed by atoms with van der Waals surface area (Å²) in [5.74, 6) is -2.24. The Hall–Kier alpha value is -3.32. The van der Waals surface area contributed by atoms with E-state index < -0.39 is 23.4 Å². The number of amides is 2. The molecule has 164 valence electrons. The van der Waals surface area contributed by atoms with Gasteiger partial charge in [0.2, 0.25) is 0 Å². The number of nitrogens with zero attached hydrogens (tertiary/aromatic N) is 2. The molecule has 2 amide bonds. The average molecular weight is 456 g/mol. The number of halogens is 3. The van der Waals surface area contributed by atoms with Crippen LogP contribution in [0.3, 0.4) is 0 Å².